The molecule has 1 saturated heterocycles. The van der Waals surface area contributed by atoms with E-state index in [4.69, 9.17) is 0 Å². The van der Waals surface area contributed by atoms with E-state index >= 15 is 0 Å². The molecule has 0 aliphatic carbocycles. The lowest BCUT2D eigenvalue weighted by atomic mass is 10.0. The smallest absolute Gasteiger partial charge is 0.274 e. The van der Waals surface area contributed by atoms with Crippen molar-refractivity contribution in [2.24, 2.45) is 0 Å². The fraction of sp³-hybridized carbons (Fsp3) is 0.500. The average molecular weight is 251 g/mol. The Balaban J connectivity index is 2.28. The molecule has 0 saturated carbocycles. The largest absolute Gasteiger partial charge is 0.394 e. The summed E-state index contributed by atoms with van der Waals surface area (Å²) in [4.78, 5) is 12.7. The summed E-state index contributed by atoms with van der Waals surface area (Å²) in [5.41, 5.74) is 0.669. The van der Waals surface area contributed by atoms with Gasteiger partial charge in [0.15, 0.2) is 0 Å². The van der Waals surface area contributed by atoms with Gasteiger partial charge in [-0.05, 0) is 0 Å². The van der Waals surface area contributed by atoms with Gasteiger partial charge in [-0.15, -0.1) is 0 Å². The molecular weight excluding hydrogens is 234 g/mol. The van der Waals surface area contributed by atoms with Crippen molar-refractivity contribution < 1.29 is 10.0 Å². The molecule has 2 rings (SSSR count). The first-order valence-corrected chi connectivity index (χ1v) is 6.03. The maximum Gasteiger partial charge on any atom is 0.274 e. The highest BCUT2D eigenvalue weighted by molar-refractivity contribution is 5.42. The predicted molar refractivity (Wildman–Crippen MR) is 67.4 cm³/mol. The molecule has 0 bridgehead atoms. The van der Waals surface area contributed by atoms with Crippen LogP contribution in [0.2, 0.25) is 0 Å². The van der Waals surface area contributed by atoms with Crippen LogP contribution in [0.1, 0.15) is 11.6 Å². The highest BCUT2D eigenvalue weighted by Crippen LogP contribution is 2.28. The minimum Gasteiger partial charge on any atom is -0.394 e. The van der Waals surface area contributed by atoms with Crippen LogP contribution in [0.4, 0.5) is 5.69 Å². The lowest BCUT2D eigenvalue weighted by Gasteiger charge is -2.33. The highest BCUT2D eigenvalue weighted by Gasteiger charge is 2.27. The van der Waals surface area contributed by atoms with E-state index in [1.54, 1.807) is 18.2 Å². The van der Waals surface area contributed by atoms with Crippen LogP contribution in [-0.4, -0.2) is 47.7 Å². The SMILES string of the molecule is O=[N+]([O-])c1ccccc1[C@H](CO)N1CCNCC1. The molecule has 1 aromatic carbocycles. The first-order chi connectivity index (χ1) is 8.74. The van der Waals surface area contributed by atoms with Crippen molar-refractivity contribution in [3.05, 3.63) is 39.9 Å². The molecule has 18 heavy (non-hydrogen) atoms. The number of aliphatic hydroxyl groups excluding tert-OH is 1. The minimum absolute atomic E-state index is 0.0788. The second-order valence-electron chi connectivity index (χ2n) is 4.30. The number of nitrogens with one attached hydrogen (secondary N) is 1. The van der Waals surface area contributed by atoms with E-state index < -0.39 is 0 Å². The van der Waals surface area contributed by atoms with Crippen molar-refractivity contribution in [1.29, 1.82) is 0 Å². The van der Waals surface area contributed by atoms with Crippen molar-refractivity contribution in [1.82, 2.24) is 10.2 Å². The van der Waals surface area contributed by atoms with Crippen LogP contribution < -0.4 is 5.32 Å². The van der Waals surface area contributed by atoms with Crippen LogP contribution in [0.3, 0.4) is 0 Å². The number of benzene rings is 1. The fourth-order valence-corrected chi connectivity index (χ4v) is 2.34. The zero-order chi connectivity index (χ0) is 13.0. The van der Waals surface area contributed by atoms with Crippen LogP contribution in [0.25, 0.3) is 0 Å². The van der Waals surface area contributed by atoms with Crippen LogP contribution in [0, 0.1) is 10.1 Å². The molecule has 0 amide bonds. The maximum absolute atomic E-state index is 11.0. The maximum atomic E-state index is 11.0. The number of hydrogen-bond donors (Lipinski definition) is 2. The van der Waals surface area contributed by atoms with E-state index in [2.05, 4.69) is 10.2 Å². The molecule has 6 heteroatoms. The van der Waals surface area contributed by atoms with Gasteiger partial charge in [-0.2, -0.15) is 0 Å². The molecule has 1 aromatic rings. The van der Waals surface area contributed by atoms with Gasteiger partial charge in [0.1, 0.15) is 0 Å². The number of hydrogen-bond acceptors (Lipinski definition) is 5. The molecule has 0 unspecified atom stereocenters. The number of piperazine rings is 1. The topological polar surface area (TPSA) is 78.6 Å². The monoisotopic (exact) mass is 251 g/mol. The summed E-state index contributed by atoms with van der Waals surface area (Å²) >= 11 is 0. The normalized spacial score (nSPS) is 18.5. The number of nitro groups is 1. The summed E-state index contributed by atoms with van der Waals surface area (Å²) in [6.45, 7) is 3.16. The van der Waals surface area contributed by atoms with E-state index in [0.29, 0.717) is 5.56 Å². The Morgan fingerprint density at radius 2 is 2.06 bits per heavy atom. The molecule has 6 nitrogen and oxygen atoms in total. The predicted octanol–water partition coefficient (Wildman–Crippen LogP) is 0.533. The molecule has 0 spiro atoms. The van der Waals surface area contributed by atoms with Crippen molar-refractivity contribution in [3.63, 3.8) is 0 Å². The second kappa shape index (κ2) is 5.90. The van der Waals surface area contributed by atoms with Gasteiger partial charge in [0.25, 0.3) is 5.69 Å². The first-order valence-electron chi connectivity index (χ1n) is 6.03. The highest BCUT2D eigenvalue weighted by atomic mass is 16.6. The summed E-state index contributed by atoms with van der Waals surface area (Å²) in [5.74, 6) is 0. The number of nitro benzene ring substituents is 1. The van der Waals surface area contributed by atoms with Gasteiger partial charge >= 0.3 is 0 Å². The second-order valence-corrected chi connectivity index (χ2v) is 4.30. The summed E-state index contributed by atoms with van der Waals surface area (Å²) in [6.07, 6.45) is 0. The van der Waals surface area contributed by atoms with E-state index in [9.17, 15) is 15.2 Å². The molecule has 2 N–H and O–H groups in total. The number of nitrogens with zero attached hydrogens (tertiary/aromatic N) is 2. The van der Waals surface area contributed by atoms with Crippen LogP contribution in [-0.2, 0) is 0 Å². The van der Waals surface area contributed by atoms with E-state index in [1.807, 2.05) is 0 Å². The number of aliphatic hydroxyl groups is 1. The molecule has 98 valence electrons. The number of rotatable bonds is 4. The molecule has 1 aliphatic heterocycles. The van der Waals surface area contributed by atoms with Gasteiger partial charge in [-0.1, -0.05) is 18.2 Å². The van der Waals surface area contributed by atoms with Gasteiger partial charge < -0.3 is 10.4 Å². The van der Waals surface area contributed by atoms with Crippen molar-refractivity contribution in [3.8, 4) is 0 Å². The molecule has 1 atom stereocenters. The van der Waals surface area contributed by atoms with Crippen LogP contribution in [0.5, 0.6) is 0 Å². The third-order valence-corrected chi connectivity index (χ3v) is 3.26. The lowest BCUT2D eigenvalue weighted by molar-refractivity contribution is -0.386. The van der Waals surface area contributed by atoms with Gasteiger partial charge in [-0.25, -0.2) is 0 Å². The minimum atomic E-state index is -0.389. The summed E-state index contributed by atoms with van der Waals surface area (Å²) in [5, 5.41) is 23.8. The van der Waals surface area contributed by atoms with Crippen molar-refractivity contribution >= 4 is 5.69 Å². The Morgan fingerprint density at radius 1 is 1.39 bits per heavy atom. The van der Waals surface area contributed by atoms with Crippen LogP contribution in [0.15, 0.2) is 24.3 Å². The molecule has 0 aromatic heterocycles. The molecule has 0 radical (unpaired) electrons. The Labute approximate surface area is 105 Å². The van der Waals surface area contributed by atoms with E-state index in [-0.39, 0.29) is 23.3 Å². The van der Waals surface area contributed by atoms with Gasteiger partial charge in [0.05, 0.1) is 17.6 Å². The third kappa shape index (κ3) is 2.66. The number of para-hydroxylation sites is 1. The van der Waals surface area contributed by atoms with E-state index in [1.165, 1.54) is 6.07 Å². The summed E-state index contributed by atoms with van der Waals surface area (Å²) in [6, 6.07) is 6.33. The zero-order valence-electron chi connectivity index (χ0n) is 10.1. The molecule has 1 aliphatic rings. The summed E-state index contributed by atoms with van der Waals surface area (Å²) in [7, 11) is 0. The Morgan fingerprint density at radius 3 is 2.67 bits per heavy atom. The quantitative estimate of drug-likeness (QED) is 0.603. The summed E-state index contributed by atoms with van der Waals surface area (Å²) < 4.78 is 0. The first kappa shape index (κ1) is 12.9. The third-order valence-electron chi connectivity index (χ3n) is 3.26. The average Bonchev–Trinajstić information content (AvgIpc) is 2.41. The standard InChI is InChI=1S/C12H17N3O3/c16-9-12(14-7-5-13-6-8-14)10-3-1-2-4-11(10)15(17)18/h1-4,12-13,16H,5-9H2/t12-/m0/s1. The lowest BCUT2D eigenvalue weighted by Crippen LogP contribution is -2.46. The Kier molecular flexibility index (Phi) is 4.24. The molecular formula is C12H17N3O3. The van der Waals surface area contributed by atoms with Gasteiger partial charge in [0, 0.05) is 37.8 Å². The zero-order valence-corrected chi connectivity index (χ0v) is 10.1. The van der Waals surface area contributed by atoms with Crippen LogP contribution >= 0.6 is 0 Å². The fourth-order valence-electron chi connectivity index (χ4n) is 2.34. The van der Waals surface area contributed by atoms with E-state index in [0.717, 1.165) is 26.2 Å². The molecule has 1 heterocycles. The van der Waals surface area contributed by atoms with Crippen molar-refractivity contribution in [2.45, 2.75) is 6.04 Å². The Bertz CT molecular complexity index is 419. The van der Waals surface area contributed by atoms with Gasteiger partial charge in [0.2, 0.25) is 0 Å². The Hall–Kier alpha value is -1.50. The molecule has 1 fully saturated rings. The van der Waals surface area contributed by atoms with Crippen molar-refractivity contribution in [2.75, 3.05) is 32.8 Å². The van der Waals surface area contributed by atoms with Gasteiger partial charge in [-0.3, -0.25) is 15.0 Å².